The fourth-order valence-electron chi connectivity index (χ4n) is 2.46. The van der Waals surface area contributed by atoms with Crippen molar-refractivity contribution >= 4 is 45.8 Å². The fraction of sp³-hybridized carbons (Fsp3) is 0.0667. The van der Waals surface area contributed by atoms with Gasteiger partial charge in [0.1, 0.15) is 5.69 Å². The van der Waals surface area contributed by atoms with Crippen LogP contribution >= 0.6 is 11.3 Å². The highest BCUT2D eigenvalue weighted by atomic mass is 32.1. The minimum Gasteiger partial charge on any atom is -0.364 e. The molecule has 9 heteroatoms. The van der Waals surface area contributed by atoms with Gasteiger partial charge in [-0.25, -0.2) is 9.78 Å². The van der Waals surface area contributed by atoms with Gasteiger partial charge in [0, 0.05) is 16.5 Å². The van der Waals surface area contributed by atoms with E-state index < -0.39 is 17.8 Å². The highest BCUT2D eigenvalue weighted by Crippen LogP contribution is 2.31. The predicted octanol–water partition coefficient (Wildman–Crippen LogP) is 1.68. The van der Waals surface area contributed by atoms with Crippen molar-refractivity contribution in [2.24, 2.45) is 11.5 Å². The summed E-state index contributed by atoms with van der Waals surface area (Å²) in [6.45, 7) is 1.82. The molecule has 8 nitrogen and oxygen atoms in total. The van der Waals surface area contributed by atoms with E-state index in [9.17, 15) is 14.4 Å². The summed E-state index contributed by atoms with van der Waals surface area (Å²) in [5, 5.41) is 3.33. The van der Waals surface area contributed by atoms with Gasteiger partial charge < -0.3 is 16.8 Å². The van der Waals surface area contributed by atoms with Crippen molar-refractivity contribution < 1.29 is 14.4 Å². The SMILES string of the molecule is Cc1cnc(C(=O)Nc2c(C(N)=O)n(C(N)=O)c3ccccc23)s1. The van der Waals surface area contributed by atoms with Crippen molar-refractivity contribution in [2.45, 2.75) is 6.92 Å². The summed E-state index contributed by atoms with van der Waals surface area (Å²) in [6, 6.07) is 5.79. The Hall–Kier alpha value is -3.20. The average molecular weight is 343 g/mol. The number of aryl methyl sites for hydroxylation is 1. The molecule has 3 amide bonds. The summed E-state index contributed by atoms with van der Waals surface area (Å²) in [5.74, 6) is -1.38. The molecule has 0 fully saturated rings. The Morgan fingerprint density at radius 2 is 1.92 bits per heavy atom. The van der Waals surface area contributed by atoms with Crippen LogP contribution in [-0.4, -0.2) is 27.4 Å². The molecule has 24 heavy (non-hydrogen) atoms. The number of primary amides is 2. The minimum absolute atomic E-state index is 0.134. The highest BCUT2D eigenvalue weighted by molar-refractivity contribution is 7.13. The number of hydrogen-bond acceptors (Lipinski definition) is 5. The number of aromatic nitrogens is 2. The van der Waals surface area contributed by atoms with E-state index in [1.807, 2.05) is 6.92 Å². The molecule has 0 unspecified atom stereocenters. The standard InChI is InChI=1S/C15H13N5O3S/c1-7-6-18-14(24-7)13(22)19-10-8-4-2-3-5-9(8)20(15(17)23)11(10)12(16)21/h2-6H,1H3,(H2,16,21)(H2,17,23)(H,19,22). The maximum Gasteiger partial charge on any atom is 0.324 e. The third-order valence-corrected chi connectivity index (χ3v) is 4.29. The van der Waals surface area contributed by atoms with Crippen LogP contribution in [0, 0.1) is 6.92 Å². The fourth-order valence-corrected chi connectivity index (χ4v) is 3.11. The lowest BCUT2D eigenvalue weighted by Crippen LogP contribution is -2.27. The van der Waals surface area contributed by atoms with Gasteiger partial charge in [-0.3, -0.25) is 14.2 Å². The van der Waals surface area contributed by atoms with E-state index in [4.69, 9.17) is 11.5 Å². The number of nitrogens with two attached hydrogens (primary N) is 2. The zero-order valence-corrected chi connectivity index (χ0v) is 13.4. The Bertz CT molecular complexity index is 988. The molecule has 0 atom stereocenters. The van der Waals surface area contributed by atoms with E-state index in [1.54, 1.807) is 30.5 Å². The maximum absolute atomic E-state index is 12.4. The second kappa shape index (κ2) is 5.78. The van der Waals surface area contributed by atoms with Gasteiger partial charge >= 0.3 is 6.03 Å². The van der Waals surface area contributed by atoms with Crippen LogP contribution in [-0.2, 0) is 0 Å². The Kier molecular flexibility index (Phi) is 3.78. The van der Waals surface area contributed by atoms with Crippen LogP contribution < -0.4 is 16.8 Å². The van der Waals surface area contributed by atoms with E-state index in [2.05, 4.69) is 10.3 Å². The number of fused-ring (bicyclic) bond motifs is 1. The van der Waals surface area contributed by atoms with Gasteiger partial charge in [-0.1, -0.05) is 18.2 Å². The molecule has 0 saturated heterocycles. The van der Waals surface area contributed by atoms with Crippen molar-refractivity contribution in [2.75, 3.05) is 5.32 Å². The smallest absolute Gasteiger partial charge is 0.324 e. The van der Waals surface area contributed by atoms with Crippen LogP contribution in [0.5, 0.6) is 0 Å². The number of benzene rings is 1. The number of amides is 3. The molecule has 3 aromatic rings. The lowest BCUT2D eigenvalue weighted by Gasteiger charge is -2.06. The number of hydrogen-bond donors (Lipinski definition) is 3. The normalized spacial score (nSPS) is 10.7. The minimum atomic E-state index is -0.879. The van der Waals surface area contributed by atoms with Gasteiger partial charge in [-0.05, 0) is 13.0 Å². The topological polar surface area (TPSA) is 133 Å². The summed E-state index contributed by atoms with van der Waals surface area (Å²) < 4.78 is 0.986. The number of para-hydroxylation sites is 1. The predicted molar refractivity (Wildman–Crippen MR) is 90.2 cm³/mol. The molecule has 0 saturated carbocycles. The zero-order chi connectivity index (χ0) is 17.4. The van der Waals surface area contributed by atoms with Crippen LogP contribution in [0.1, 0.15) is 25.2 Å². The second-order valence-corrected chi connectivity index (χ2v) is 6.24. The van der Waals surface area contributed by atoms with Gasteiger partial charge in [0.05, 0.1) is 11.2 Å². The summed E-state index contributed by atoms with van der Waals surface area (Å²) in [7, 11) is 0. The lowest BCUT2D eigenvalue weighted by molar-refractivity contribution is 0.0994. The summed E-state index contributed by atoms with van der Waals surface area (Å²) in [6.07, 6.45) is 1.57. The largest absolute Gasteiger partial charge is 0.364 e. The molecule has 3 rings (SSSR count). The molecule has 0 radical (unpaired) electrons. The van der Waals surface area contributed by atoms with Gasteiger partial charge in [-0.2, -0.15) is 0 Å². The summed E-state index contributed by atoms with van der Waals surface area (Å²) in [5.41, 5.74) is 11.1. The van der Waals surface area contributed by atoms with Crippen LogP contribution in [0.4, 0.5) is 10.5 Å². The monoisotopic (exact) mass is 343 g/mol. The molecule has 0 aliphatic heterocycles. The third kappa shape index (κ3) is 2.50. The van der Waals surface area contributed by atoms with E-state index in [0.717, 1.165) is 9.44 Å². The highest BCUT2D eigenvalue weighted by Gasteiger charge is 2.25. The Morgan fingerprint density at radius 3 is 2.50 bits per heavy atom. The molecule has 0 aliphatic carbocycles. The number of carbonyl (C=O) groups is 3. The third-order valence-electron chi connectivity index (χ3n) is 3.38. The van der Waals surface area contributed by atoms with Crippen molar-refractivity contribution in [3.05, 3.63) is 46.0 Å². The Labute approximate surface area is 140 Å². The van der Waals surface area contributed by atoms with Crippen molar-refractivity contribution in [1.82, 2.24) is 9.55 Å². The van der Waals surface area contributed by atoms with Crippen molar-refractivity contribution in [3.63, 3.8) is 0 Å². The average Bonchev–Trinajstić information content (AvgIpc) is 3.09. The molecular weight excluding hydrogens is 330 g/mol. The first kappa shape index (κ1) is 15.7. The van der Waals surface area contributed by atoms with Crippen molar-refractivity contribution in [1.29, 1.82) is 0 Å². The van der Waals surface area contributed by atoms with Gasteiger partial charge in [-0.15, -0.1) is 11.3 Å². The molecule has 5 N–H and O–H groups in total. The summed E-state index contributed by atoms with van der Waals surface area (Å²) >= 11 is 1.21. The molecule has 0 aliphatic rings. The van der Waals surface area contributed by atoms with E-state index in [0.29, 0.717) is 10.9 Å². The number of nitrogens with one attached hydrogen (secondary N) is 1. The second-order valence-electron chi connectivity index (χ2n) is 5.01. The summed E-state index contributed by atoms with van der Waals surface area (Å²) in [4.78, 5) is 40.9. The number of thiazole rings is 1. The molecule has 0 bridgehead atoms. The maximum atomic E-state index is 12.4. The molecule has 1 aromatic carbocycles. The number of nitrogens with zero attached hydrogens (tertiary/aromatic N) is 2. The molecule has 2 heterocycles. The first-order chi connectivity index (χ1) is 11.4. The quantitative estimate of drug-likeness (QED) is 0.667. The van der Waals surface area contributed by atoms with Gasteiger partial charge in [0.25, 0.3) is 11.8 Å². The van der Waals surface area contributed by atoms with Crippen LogP contribution in [0.3, 0.4) is 0 Å². The number of carbonyl (C=O) groups excluding carboxylic acids is 3. The number of anilines is 1. The van der Waals surface area contributed by atoms with E-state index in [1.165, 1.54) is 11.3 Å². The van der Waals surface area contributed by atoms with Gasteiger partial charge in [0.15, 0.2) is 5.01 Å². The Morgan fingerprint density at radius 1 is 1.21 bits per heavy atom. The van der Waals surface area contributed by atoms with E-state index in [-0.39, 0.29) is 16.4 Å². The number of rotatable bonds is 3. The van der Waals surface area contributed by atoms with E-state index >= 15 is 0 Å². The molecule has 2 aromatic heterocycles. The first-order valence-corrected chi connectivity index (χ1v) is 7.68. The zero-order valence-electron chi connectivity index (χ0n) is 12.6. The van der Waals surface area contributed by atoms with Gasteiger partial charge in [0.2, 0.25) is 0 Å². The molecule has 0 spiro atoms. The van der Waals surface area contributed by atoms with Crippen molar-refractivity contribution in [3.8, 4) is 0 Å². The van der Waals surface area contributed by atoms with Crippen LogP contribution in [0.25, 0.3) is 10.9 Å². The lowest BCUT2D eigenvalue weighted by atomic mass is 10.2. The van der Waals surface area contributed by atoms with Crippen LogP contribution in [0.2, 0.25) is 0 Å². The van der Waals surface area contributed by atoms with Crippen LogP contribution in [0.15, 0.2) is 30.5 Å². The Balaban J connectivity index is 2.19. The molecular formula is C15H13N5O3S. The molecule has 122 valence electrons. The first-order valence-electron chi connectivity index (χ1n) is 6.87.